The van der Waals surface area contributed by atoms with Gasteiger partial charge in [0.25, 0.3) is 0 Å². The highest BCUT2D eigenvalue weighted by Gasteiger charge is 2.44. The first-order chi connectivity index (χ1) is 12.9. The molecule has 4 aliphatic carbocycles. The standard InChI is InChI=1S/C24H33PS/c1-26-24-17-9-11-20(24)18-19-10-8-16-23(19)25(21-12-4-2-5-13-21)22-14-6-3-7-15-22/h8-11,16-17,21-22H,2-7,12-15,18H2,1H3. The highest BCUT2D eigenvalue weighted by molar-refractivity contribution is 8.01. The minimum absolute atomic E-state index is 0.0217. The van der Waals surface area contributed by atoms with Gasteiger partial charge in [0.15, 0.2) is 0 Å². The lowest BCUT2D eigenvalue weighted by Gasteiger charge is -2.43. The Kier molecular flexibility index (Phi) is 7.72. The van der Waals surface area contributed by atoms with E-state index in [9.17, 15) is 0 Å². The molecule has 0 N–H and O–H groups in total. The largest absolute Gasteiger partial charge is 0.156 e. The van der Waals surface area contributed by atoms with Crippen molar-refractivity contribution in [1.82, 2.24) is 0 Å². The molecule has 0 nitrogen and oxygen atoms in total. The van der Waals surface area contributed by atoms with Gasteiger partial charge in [-0.2, -0.15) is 11.8 Å². The van der Waals surface area contributed by atoms with Crippen molar-refractivity contribution in [2.75, 3.05) is 6.26 Å². The molecule has 0 atom stereocenters. The van der Waals surface area contributed by atoms with Gasteiger partial charge in [-0.05, 0) is 100 Å². The molecule has 4 saturated carbocycles. The van der Waals surface area contributed by atoms with E-state index in [1.807, 2.05) is 11.8 Å². The second-order valence-electron chi connectivity index (χ2n) is 8.22. The van der Waals surface area contributed by atoms with Crippen LogP contribution in [0.25, 0.3) is 0 Å². The van der Waals surface area contributed by atoms with E-state index in [-0.39, 0.29) is 7.92 Å². The first-order valence-electron chi connectivity index (χ1n) is 10.7. The smallest absolute Gasteiger partial charge is 0.0411 e. The van der Waals surface area contributed by atoms with Crippen molar-refractivity contribution in [2.24, 2.45) is 0 Å². The predicted molar refractivity (Wildman–Crippen MR) is 118 cm³/mol. The Morgan fingerprint density at radius 2 is 1.35 bits per heavy atom. The molecule has 0 saturated heterocycles. The molecule has 0 unspecified atom stereocenters. The summed E-state index contributed by atoms with van der Waals surface area (Å²) in [6.45, 7) is 0. The van der Waals surface area contributed by atoms with Gasteiger partial charge in [-0.3, -0.25) is 0 Å². The normalized spacial score (nSPS) is 29.3. The first-order valence-corrected chi connectivity index (χ1v) is 13.4. The molecule has 140 valence electrons. The molecule has 2 heteroatoms. The van der Waals surface area contributed by atoms with Crippen LogP contribution in [0, 0.1) is 61.3 Å². The Bertz CT molecular complexity index is 394. The molecule has 4 aliphatic rings. The molecular formula is C24H33PS. The van der Waals surface area contributed by atoms with E-state index in [2.05, 4.69) is 44.8 Å². The van der Waals surface area contributed by atoms with E-state index < -0.39 is 0 Å². The Hall–Kier alpha value is 0.780. The average Bonchev–Trinajstić information content (AvgIpc) is 3.34. The fourth-order valence-electron chi connectivity index (χ4n) is 5.25. The number of thioether (sulfide) groups is 1. The van der Waals surface area contributed by atoms with Gasteiger partial charge in [-0.1, -0.05) is 46.4 Å². The summed E-state index contributed by atoms with van der Waals surface area (Å²) < 4.78 is 0. The van der Waals surface area contributed by atoms with Gasteiger partial charge in [0.2, 0.25) is 0 Å². The fourth-order valence-corrected chi connectivity index (χ4v) is 9.84. The summed E-state index contributed by atoms with van der Waals surface area (Å²) in [5.41, 5.74) is 3.79. The lowest BCUT2D eigenvalue weighted by molar-refractivity contribution is 0.484. The Labute approximate surface area is 169 Å². The van der Waals surface area contributed by atoms with Crippen LogP contribution < -0.4 is 0 Å². The fraction of sp³-hybridized carbons (Fsp3) is 0.583. The third kappa shape index (κ3) is 4.67. The van der Waals surface area contributed by atoms with Crippen LogP contribution in [0.15, 0.2) is 0 Å². The number of hydrogen-bond acceptors (Lipinski definition) is 1. The highest BCUT2D eigenvalue weighted by Crippen LogP contribution is 2.68. The summed E-state index contributed by atoms with van der Waals surface area (Å²) in [6.07, 6.45) is 32.4. The zero-order valence-corrected chi connectivity index (χ0v) is 18.0. The van der Waals surface area contributed by atoms with Crippen LogP contribution in [0.5, 0.6) is 0 Å². The van der Waals surface area contributed by atoms with E-state index in [1.54, 1.807) is 11.6 Å². The zero-order valence-electron chi connectivity index (χ0n) is 16.3. The second-order valence-corrected chi connectivity index (χ2v) is 11.8. The Balaban J connectivity index is 1.47. The molecule has 10 radical (unpaired) electrons. The summed E-state index contributed by atoms with van der Waals surface area (Å²) >= 11 is 1.90. The van der Waals surface area contributed by atoms with Crippen molar-refractivity contribution in [2.45, 2.75) is 81.9 Å². The Morgan fingerprint density at radius 3 is 1.96 bits per heavy atom. The lowest BCUT2D eigenvalue weighted by Crippen LogP contribution is -2.25. The van der Waals surface area contributed by atoms with E-state index in [4.69, 9.17) is 0 Å². The van der Waals surface area contributed by atoms with Crippen LogP contribution in [0.2, 0.25) is 0 Å². The molecule has 0 spiro atoms. The minimum atomic E-state index is 0.0217. The zero-order chi connectivity index (χ0) is 17.8. The second kappa shape index (κ2) is 10.0. The first kappa shape index (κ1) is 20.1. The van der Waals surface area contributed by atoms with E-state index >= 15 is 0 Å². The van der Waals surface area contributed by atoms with Gasteiger partial charge in [0, 0.05) is 10.9 Å². The maximum atomic E-state index is 2.52. The van der Waals surface area contributed by atoms with Crippen molar-refractivity contribution in [3.8, 4) is 0 Å². The van der Waals surface area contributed by atoms with E-state index in [0.29, 0.717) is 0 Å². The SMILES string of the molecule is CS[C]1[CH][CH][CH][C]1C[C]1[CH][CH][CH][C]1P(C1CCCCC1)C1CCCCC1. The van der Waals surface area contributed by atoms with Gasteiger partial charge in [-0.25, -0.2) is 0 Å². The topological polar surface area (TPSA) is 0 Å². The molecule has 0 aromatic carbocycles. The molecular weight excluding hydrogens is 351 g/mol. The average molecular weight is 385 g/mol. The van der Waals surface area contributed by atoms with Crippen LogP contribution in [-0.2, 0) is 0 Å². The molecule has 0 aromatic heterocycles. The third-order valence-corrected chi connectivity index (χ3v) is 11.0. The van der Waals surface area contributed by atoms with Crippen LogP contribution in [-0.4, -0.2) is 17.6 Å². The van der Waals surface area contributed by atoms with Gasteiger partial charge in [-0.15, -0.1) is 0 Å². The van der Waals surface area contributed by atoms with Gasteiger partial charge >= 0.3 is 0 Å². The van der Waals surface area contributed by atoms with Crippen LogP contribution in [0.1, 0.15) is 70.6 Å². The molecule has 4 fully saturated rings. The summed E-state index contributed by atoms with van der Waals surface area (Å²) in [5, 5.41) is 1.47. The quantitative estimate of drug-likeness (QED) is 0.431. The monoisotopic (exact) mass is 384 g/mol. The van der Waals surface area contributed by atoms with E-state index in [1.165, 1.54) is 75.4 Å². The van der Waals surface area contributed by atoms with Gasteiger partial charge < -0.3 is 0 Å². The van der Waals surface area contributed by atoms with Gasteiger partial charge in [0.05, 0.1) is 0 Å². The molecule has 0 aromatic rings. The number of hydrogen-bond donors (Lipinski definition) is 0. The van der Waals surface area contributed by atoms with Crippen LogP contribution in [0.3, 0.4) is 0 Å². The summed E-state index contributed by atoms with van der Waals surface area (Å²) in [4.78, 5) is 0. The van der Waals surface area contributed by atoms with Crippen LogP contribution in [0.4, 0.5) is 0 Å². The van der Waals surface area contributed by atoms with Crippen molar-refractivity contribution in [1.29, 1.82) is 0 Å². The molecule has 4 rings (SSSR count). The maximum Gasteiger partial charge on any atom is 0.0411 e. The molecule has 0 aliphatic heterocycles. The van der Waals surface area contributed by atoms with E-state index in [0.717, 1.165) is 17.7 Å². The maximum absolute atomic E-state index is 2.52. The van der Waals surface area contributed by atoms with Crippen molar-refractivity contribution in [3.05, 3.63) is 61.3 Å². The van der Waals surface area contributed by atoms with Crippen molar-refractivity contribution >= 4 is 19.7 Å². The molecule has 0 amide bonds. The third-order valence-electron chi connectivity index (χ3n) is 6.56. The highest BCUT2D eigenvalue weighted by atomic mass is 32.2. The van der Waals surface area contributed by atoms with Crippen molar-refractivity contribution < 1.29 is 0 Å². The summed E-state index contributed by atoms with van der Waals surface area (Å²) in [6, 6.07) is 0. The summed E-state index contributed by atoms with van der Waals surface area (Å²) in [7, 11) is 0.0217. The Morgan fingerprint density at radius 1 is 0.769 bits per heavy atom. The lowest BCUT2D eigenvalue weighted by atomic mass is 9.91. The van der Waals surface area contributed by atoms with Crippen LogP contribution >= 0.6 is 19.7 Å². The minimum Gasteiger partial charge on any atom is -0.156 e. The summed E-state index contributed by atoms with van der Waals surface area (Å²) in [5.74, 6) is 3.18. The molecule has 0 heterocycles. The predicted octanol–water partition coefficient (Wildman–Crippen LogP) is 7.35. The molecule has 26 heavy (non-hydrogen) atoms. The van der Waals surface area contributed by atoms with Gasteiger partial charge in [0.1, 0.15) is 0 Å². The van der Waals surface area contributed by atoms with Crippen molar-refractivity contribution in [3.63, 3.8) is 0 Å². The number of rotatable bonds is 6. The molecule has 0 bridgehead atoms.